The van der Waals surface area contributed by atoms with Gasteiger partial charge in [-0.2, -0.15) is 4.98 Å². The van der Waals surface area contributed by atoms with Crippen molar-refractivity contribution in [3.63, 3.8) is 0 Å². The van der Waals surface area contributed by atoms with E-state index in [1.54, 1.807) is 12.3 Å². The molecule has 1 aromatic rings. The van der Waals surface area contributed by atoms with Gasteiger partial charge in [-0.05, 0) is 46.7 Å². The smallest absolute Gasteiger partial charge is 0.351 e. The van der Waals surface area contributed by atoms with E-state index >= 15 is 0 Å². The zero-order valence-electron chi connectivity index (χ0n) is 22.7. The van der Waals surface area contributed by atoms with Gasteiger partial charge in [0.25, 0.3) is 0 Å². The molecule has 0 radical (unpaired) electrons. The summed E-state index contributed by atoms with van der Waals surface area (Å²) in [4.78, 5) is 16.7. The fourth-order valence-electron chi connectivity index (χ4n) is 5.25. The van der Waals surface area contributed by atoms with Crippen molar-refractivity contribution in [3.05, 3.63) is 22.7 Å². The first-order valence-electron chi connectivity index (χ1n) is 12.6. The Hall–Kier alpha value is -0.806. The van der Waals surface area contributed by atoms with Crippen LogP contribution in [0.4, 0.5) is 5.82 Å². The summed E-state index contributed by atoms with van der Waals surface area (Å²) in [6.07, 6.45) is 0.883. The molecule has 0 spiro atoms. The summed E-state index contributed by atoms with van der Waals surface area (Å²) < 4.78 is 35.7. The van der Waals surface area contributed by atoms with Gasteiger partial charge in [0, 0.05) is 6.20 Å². The Kier molecular flexibility index (Phi) is 9.52. The number of thiocarbonyl (C=S) groups is 1. The molecule has 9 nitrogen and oxygen atoms in total. The average molecular weight is 576 g/mol. The van der Waals surface area contributed by atoms with E-state index in [1.807, 2.05) is 6.26 Å². The van der Waals surface area contributed by atoms with Crippen LogP contribution in [0.1, 0.15) is 61.6 Å². The van der Waals surface area contributed by atoms with Crippen LogP contribution in [-0.4, -0.2) is 62.2 Å². The maximum absolute atomic E-state index is 12.8. The van der Waals surface area contributed by atoms with Crippen molar-refractivity contribution in [2.75, 3.05) is 18.6 Å². The Bertz CT molecular complexity index is 977. The molecule has 13 heteroatoms. The minimum absolute atomic E-state index is 0.136. The Morgan fingerprint density at radius 2 is 1.72 bits per heavy atom. The molecule has 0 bridgehead atoms. The molecule has 0 saturated carbocycles. The third-order valence-electron chi connectivity index (χ3n) is 7.14. The van der Waals surface area contributed by atoms with Crippen molar-refractivity contribution in [1.29, 1.82) is 0 Å². The first-order valence-corrected chi connectivity index (χ1v) is 18.1. The second-order valence-electron chi connectivity index (χ2n) is 10.7. The van der Waals surface area contributed by atoms with Crippen molar-refractivity contribution < 1.29 is 22.4 Å². The first-order chi connectivity index (χ1) is 16.8. The summed E-state index contributed by atoms with van der Waals surface area (Å²) in [5.74, 6) is 0.140. The maximum atomic E-state index is 12.8. The van der Waals surface area contributed by atoms with Crippen molar-refractivity contribution in [3.8, 4) is 0 Å². The number of nitrogens with zero attached hydrogens (tertiary/aromatic N) is 2. The Morgan fingerprint density at radius 1 is 1.14 bits per heavy atom. The van der Waals surface area contributed by atoms with Crippen LogP contribution in [0.25, 0.3) is 0 Å². The Balaban J connectivity index is 2.16. The fourth-order valence-corrected chi connectivity index (χ4v) is 16.8. The summed E-state index contributed by atoms with van der Waals surface area (Å²) in [5.41, 5.74) is 5.90. The summed E-state index contributed by atoms with van der Waals surface area (Å²) >= 11 is 6.75. The van der Waals surface area contributed by atoms with Gasteiger partial charge < -0.3 is 28.2 Å². The number of nitrogen functional groups attached to an aromatic ring is 1. The zero-order chi connectivity index (χ0) is 27.0. The highest BCUT2D eigenvalue weighted by molar-refractivity contribution is 8.22. The standard InChI is InChI=1S/C23H41N3O6S2Si2/c1-13(2)35(14(3)4)28-12-17-19(31-36(32-35,15(5)6)16(7)8)20(30-23(33)34-9)21(29-17)26-11-10-18(24)25-22(26)27/h10-11,13-17,19-21H,12H2,1-9H3,(H2,24,25,27)/t17-,19-,20-,21-/m1/s1. The first kappa shape index (κ1) is 29.7. The predicted octanol–water partition coefficient (Wildman–Crippen LogP) is 4.71. The van der Waals surface area contributed by atoms with Crippen LogP contribution in [-0.2, 0) is 22.4 Å². The average Bonchev–Trinajstić information content (AvgIpc) is 3.08. The third kappa shape index (κ3) is 5.49. The van der Waals surface area contributed by atoms with Crippen LogP contribution >= 0.6 is 24.0 Å². The summed E-state index contributed by atoms with van der Waals surface area (Å²) in [6.45, 7) is 17.6. The van der Waals surface area contributed by atoms with Gasteiger partial charge in [0.15, 0.2) is 12.3 Å². The zero-order valence-corrected chi connectivity index (χ0v) is 26.4. The molecule has 2 saturated heterocycles. The SMILES string of the molecule is CSC(=S)O[C@@H]1[C@@H]2O[Si](C(C)C)(C(C)C)O[Si](C(C)C)(C(C)C)OC[C@H]2O[C@H]1n1ccc(N)nc1=O. The number of anilines is 1. The lowest BCUT2D eigenvalue weighted by Crippen LogP contribution is -2.66. The van der Waals surface area contributed by atoms with Gasteiger partial charge in [-0.15, -0.1) is 0 Å². The molecular formula is C23H41N3O6S2Si2. The quantitative estimate of drug-likeness (QED) is 0.378. The summed E-state index contributed by atoms with van der Waals surface area (Å²) in [7, 11) is -5.65. The van der Waals surface area contributed by atoms with Crippen LogP contribution in [0.3, 0.4) is 0 Å². The predicted molar refractivity (Wildman–Crippen MR) is 152 cm³/mol. The van der Waals surface area contributed by atoms with E-state index < -0.39 is 47.4 Å². The van der Waals surface area contributed by atoms with Gasteiger partial charge in [0.05, 0.1) is 6.61 Å². The Morgan fingerprint density at radius 3 is 2.22 bits per heavy atom. The van der Waals surface area contributed by atoms with Crippen molar-refractivity contribution in [1.82, 2.24) is 9.55 Å². The lowest BCUT2D eigenvalue weighted by molar-refractivity contribution is -0.0591. The minimum atomic E-state index is -2.92. The molecule has 0 aliphatic carbocycles. The van der Waals surface area contributed by atoms with Crippen molar-refractivity contribution in [2.45, 2.75) is 102 Å². The van der Waals surface area contributed by atoms with E-state index in [2.05, 4.69) is 60.4 Å². The van der Waals surface area contributed by atoms with E-state index in [0.29, 0.717) is 4.38 Å². The van der Waals surface area contributed by atoms with Crippen LogP contribution in [0.2, 0.25) is 22.2 Å². The highest BCUT2D eigenvalue weighted by Gasteiger charge is 2.62. The molecule has 2 aliphatic rings. The van der Waals surface area contributed by atoms with E-state index in [-0.39, 0.29) is 34.6 Å². The molecule has 3 heterocycles. The van der Waals surface area contributed by atoms with Crippen LogP contribution in [0, 0.1) is 0 Å². The van der Waals surface area contributed by atoms with E-state index in [9.17, 15) is 4.79 Å². The van der Waals surface area contributed by atoms with E-state index in [4.69, 9.17) is 40.4 Å². The monoisotopic (exact) mass is 575 g/mol. The van der Waals surface area contributed by atoms with Crippen LogP contribution in [0.15, 0.2) is 17.1 Å². The molecule has 2 aliphatic heterocycles. The fraction of sp³-hybridized carbons (Fsp3) is 0.783. The molecule has 4 atom stereocenters. The number of nitrogens with two attached hydrogens (primary N) is 1. The number of hydrogen-bond donors (Lipinski definition) is 1. The van der Waals surface area contributed by atoms with Crippen molar-refractivity contribution in [2.24, 2.45) is 0 Å². The molecule has 2 N–H and O–H groups in total. The molecule has 2 fully saturated rings. The topological polar surface area (TPSA) is 107 Å². The largest absolute Gasteiger partial charge is 0.468 e. The Labute approximate surface area is 226 Å². The number of aromatic nitrogens is 2. The van der Waals surface area contributed by atoms with Gasteiger partial charge in [-0.3, -0.25) is 4.57 Å². The van der Waals surface area contributed by atoms with E-state index in [0.717, 1.165) is 0 Å². The third-order valence-corrected chi connectivity index (χ3v) is 18.4. The maximum Gasteiger partial charge on any atom is 0.351 e. The number of thioether (sulfide) groups is 1. The highest BCUT2D eigenvalue weighted by Crippen LogP contribution is 2.48. The molecule has 204 valence electrons. The van der Waals surface area contributed by atoms with Gasteiger partial charge in [-0.25, -0.2) is 4.79 Å². The molecule has 0 aromatic carbocycles. The number of rotatable bonds is 6. The number of ether oxygens (including phenoxy) is 2. The van der Waals surface area contributed by atoms with Gasteiger partial charge >= 0.3 is 22.8 Å². The second kappa shape index (κ2) is 11.5. The van der Waals surface area contributed by atoms with Crippen molar-refractivity contribution >= 4 is 51.3 Å². The molecular weight excluding hydrogens is 535 g/mol. The molecule has 1 aromatic heterocycles. The summed E-state index contributed by atoms with van der Waals surface area (Å²) in [6, 6.07) is 1.56. The molecule has 0 amide bonds. The van der Waals surface area contributed by atoms with Gasteiger partial charge in [-0.1, -0.05) is 67.2 Å². The van der Waals surface area contributed by atoms with Crippen LogP contribution in [0.5, 0.6) is 0 Å². The lowest BCUT2D eigenvalue weighted by Gasteiger charge is -2.51. The summed E-state index contributed by atoms with van der Waals surface area (Å²) in [5, 5.41) is 0. The number of fused-ring (bicyclic) bond motifs is 1. The minimum Gasteiger partial charge on any atom is -0.468 e. The molecule has 36 heavy (non-hydrogen) atoms. The number of hydrogen-bond acceptors (Lipinski definition) is 10. The van der Waals surface area contributed by atoms with Gasteiger partial charge in [0.1, 0.15) is 18.0 Å². The highest BCUT2D eigenvalue weighted by atomic mass is 32.2. The normalized spacial score (nSPS) is 27.8. The molecule has 0 unspecified atom stereocenters. The van der Waals surface area contributed by atoms with Crippen LogP contribution < -0.4 is 11.4 Å². The van der Waals surface area contributed by atoms with E-state index in [1.165, 1.54) is 16.3 Å². The van der Waals surface area contributed by atoms with Gasteiger partial charge in [0.2, 0.25) is 4.38 Å². The lowest BCUT2D eigenvalue weighted by atomic mass is 10.1. The molecule has 3 rings (SSSR count). The second-order valence-corrected chi connectivity index (χ2v) is 21.0.